The number of likely N-dealkylation sites (tertiary alicyclic amines) is 1. The minimum atomic E-state index is -0.241. The lowest BCUT2D eigenvalue weighted by molar-refractivity contribution is -0.139. The fourth-order valence-electron chi connectivity index (χ4n) is 2.26. The summed E-state index contributed by atoms with van der Waals surface area (Å²) in [4.78, 5) is 47.0. The molecule has 0 unspecified atom stereocenters. The van der Waals surface area contributed by atoms with E-state index in [1.807, 2.05) is 0 Å². The molecule has 0 aromatic heterocycles. The van der Waals surface area contributed by atoms with Gasteiger partial charge in [0.15, 0.2) is 0 Å². The van der Waals surface area contributed by atoms with Crippen molar-refractivity contribution >= 4 is 23.6 Å². The van der Waals surface area contributed by atoms with Gasteiger partial charge >= 0.3 is 0 Å². The van der Waals surface area contributed by atoms with Gasteiger partial charge in [-0.25, -0.2) is 0 Å². The maximum Gasteiger partial charge on any atom is 0.251 e. The van der Waals surface area contributed by atoms with Crippen molar-refractivity contribution < 1.29 is 19.2 Å². The summed E-state index contributed by atoms with van der Waals surface area (Å²) in [6, 6.07) is 6.74. The smallest absolute Gasteiger partial charge is 0.251 e. The maximum absolute atomic E-state index is 11.9. The summed E-state index contributed by atoms with van der Waals surface area (Å²) >= 11 is 0. The summed E-state index contributed by atoms with van der Waals surface area (Å²) in [6.45, 7) is 2.37. The first-order chi connectivity index (χ1) is 11.0. The van der Waals surface area contributed by atoms with E-state index in [0.29, 0.717) is 18.7 Å². The SMILES string of the molecule is CC(=O)NCCNC(=O)c1ccc(CN2C(=O)CCC2=O)cc1. The van der Waals surface area contributed by atoms with Crippen LogP contribution in [0.15, 0.2) is 24.3 Å². The highest BCUT2D eigenvalue weighted by Gasteiger charge is 2.28. The Kier molecular flexibility index (Phi) is 5.46. The average Bonchev–Trinajstić information content (AvgIpc) is 2.84. The number of carbonyl (C=O) groups excluding carboxylic acids is 4. The number of carbonyl (C=O) groups is 4. The zero-order valence-corrected chi connectivity index (χ0v) is 12.9. The van der Waals surface area contributed by atoms with Crippen molar-refractivity contribution in [3.63, 3.8) is 0 Å². The van der Waals surface area contributed by atoms with Crippen LogP contribution in [0.2, 0.25) is 0 Å². The van der Waals surface area contributed by atoms with E-state index in [0.717, 1.165) is 5.56 Å². The van der Waals surface area contributed by atoms with Crippen LogP contribution >= 0.6 is 0 Å². The zero-order chi connectivity index (χ0) is 16.8. The molecule has 1 fully saturated rings. The Balaban J connectivity index is 1.86. The van der Waals surface area contributed by atoms with Crippen LogP contribution in [0.4, 0.5) is 0 Å². The molecule has 1 saturated heterocycles. The van der Waals surface area contributed by atoms with Crippen molar-refractivity contribution in [2.75, 3.05) is 13.1 Å². The second-order valence-corrected chi connectivity index (χ2v) is 5.31. The standard InChI is InChI=1S/C16H19N3O4/c1-11(20)17-8-9-18-16(23)13-4-2-12(3-5-13)10-19-14(21)6-7-15(19)22/h2-5H,6-10H2,1H3,(H,17,20)(H,18,23). The molecule has 23 heavy (non-hydrogen) atoms. The van der Waals surface area contributed by atoms with Gasteiger partial charge in [0.25, 0.3) is 5.91 Å². The van der Waals surface area contributed by atoms with Crippen LogP contribution in [0.3, 0.4) is 0 Å². The summed E-state index contributed by atoms with van der Waals surface area (Å²) in [6.07, 6.45) is 0.543. The number of hydrogen-bond donors (Lipinski definition) is 2. The highest BCUT2D eigenvalue weighted by Crippen LogP contribution is 2.16. The van der Waals surface area contributed by atoms with Crippen LogP contribution in [-0.2, 0) is 20.9 Å². The molecule has 4 amide bonds. The van der Waals surface area contributed by atoms with Crippen LogP contribution in [0.5, 0.6) is 0 Å². The van der Waals surface area contributed by atoms with Gasteiger partial charge in [0.2, 0.25) is 17.7 Å². The Morgan fingerprint density at radius 3 is 2.13 bits per heavy atom. The Morgan fingerprint density at radius 1 is 1.00 bits per heavy atom. The molecule has 7 nitrogen and oxygen atoms in total. The Labute approximate surface area is 134 Å². The first kappa shape index (κ1) is 16.7. The van der Waals surface area contributed by atoms with E-state index in [1.165, 1.54) is 11.8 Å². The van der Waals surface area contributed by atoms with Gasteiger partial charge in [-0.2, -0.15) is 0 Å². The maximum atomic E-state index is 11.9. The molecule has 0 spiro atoms. The van der Waals surface area contributed by atoms with Crippen LogP contribution < -0.4 is 10.6 Å². The zero-order valence-electron chi connectivity index (χ0n) is 12.9. The lowest BCUT2D eigenvalue weighted by Gasteiger charge is -2.14. The van der Waals surface area contributed by atoms with Gasteiger partial charge in [-0.1, -0.05) is 12.1 Å². The molecule has 0 aliphatic carbocycles. The van der Waals surface area contributed by atoms with Crippen molar-refractivity contribution in [1.29, 1.82) is 0 Å². The normalized spacial score (nSPS) is 14.0. The van der Waals surface area contributed by atoms with Gasteiger partial charge < -0.3 is 10.6 Å². The van der Waals surface area contributed by atoms with Crippen LogP contribution in [0.25, 0.3) is 0 Å². The topological polar surface area (TPSA) is 95.6 Å². The molecule has 0 bridgehead atoms. The van der Waals surface area contributed by atoms with Crippen LogP contribution in [0, 0.1) is 0 Å². The minimum absolute atomic E-state index is 0.144. The first-order valence-corrected chi connectivity index (χ1v) is 7.42. The third-order valence-electron chi connectivity index (χ3n) is 3.50. The fourth-order valence-corrected chi connectivity index (χ4v) is 2.26. The second kappa shape index (κ2) is 7.53. The van der Waals surface area contributed by atoms with Crippen molar-refractivity contribution in [1.82, 2.24) is 15.5 Å². The molecule has 2 rings (SSSR count). The summed E-state index contributed by atoms with van der Waals surface area (Å²) in [5.41, 5.74) is 1.28. The van der Waals surface area contributed by atoms with Crippen molar-refractivity contribution in [2.24, 2.45) is 0 Å². The molecule has 2 N–H and O–H groups in total. The third kappa shape index (κ3) is 4.64. The predicted molar refractivity (Wildman–Crippen MR) is 82.2 cm³/mol. The average molecular weight is 317 g/mol. The number of rotatable bonds is 6. The molecule has 0 atom stereocenters. The highest BCUT2D eigenvalue weighted by molar-refractivity contribution is 6.01. The fraction of sp³-hybridized carbons (Fsp3) is 0.375. The monoisotopic (exact) mass is 317 g/mol. The lowest BCUT2D eigenvalue weighted by atomic mass is 10.1. The molecular formula is C16H19N3O4. The number of imide groups is 1. The number of benzene rings is 1. The summed E-state index contributed by atoms with van der Waals surface area (Å²) in [5, 5.41) is 5.28. The third-order valence-corrected chi connectivity index (χ3v) is 3.50. The molecule has 0 radical (unpaired) electrons. The first-order valence-electron chi connectivity index (χ1n) is 7.42. The Morgan fingerprint density at radius 2 is 1.57 bits per heavy atom. The highest BCUT2D eigenvalue weighted by atomic mass is 16.2. The predicted octanol–water partition coefficient (Wildman–Crippen LogP) is 0.201. The lowest BCUT2D eigenvalue weighted by Crippen LogP contribution is -2.33. The van der Waals surface area contributed by atoms with Gasteiger partial charge in [-0.3, -0.25) is 24.1 Å². The van der Waals surface area contributed by atoms with Crippen LogP contribution in [0.1, 0.15) is 35.7 Å². The van der Waals surface area contributed by atoms with Crippen molar-refractivity contribution in [3.05, 3.63) is 35.4 Å². The molecule has 7 heteroatoms. The molecule has 1 aromatic rings. The summed E-state index contributed by atoms with van der Waals surface area (Å²) in [5.74, 6) is -0.700. The second-order valence-electron chi connectivity index (χ2n) is 5.31. The van der Waals surface area contributed by atoms with E-state index in [1.54, 1.807) is 24.3 Å². The Bertz CT molecular complexity index is 609. The van der Waals surface area contributed by atoms with Gasteiger partial charge in [0, 0.05) is 38.4 Å². The van der Waals surface area contributed by atoms with E-state index in [4.69, 9.17) is 0 Å². The van der Waals surface area contributed by atoms with Crippen molar-refractivity contribution in [3.8, 4) is 0 Å². The van der Waals surface area contributed by atoms with E-state index in [2.05, 4.69) is 10.6 Å². The quantitative estimate of drug-likeness (QED) is 0.579. The van der Waals surface area contributed by atoms with E-state index in [-0.39, 0.29) is 43.0 Å². The van der Waals surface area contributed by atoms with E-state index in [9.17, 15) is 19.2 Å². The molecular weight excluding hydrogens is 298 g/mol. The molecule has 1 heterocycles. The van der Waals surface area contributed by atoms with E-state index < -0.39 is 0 Å². The van der Waals surface area contributed by atoms with E-state index >= 15 is 0 Å². The van der Waals surface area contributed by atoms with Crippen LogP contribution in [-0.4, -0.2) is 41.6 Å². The molecule has 1 aliphatic heterocycles. The molecule has 1 aromatic carbocycles. The number of hydrogen-bond acceptors (Lipinski definition) is 4. The van der Waals surface area contributed by atoms with Gasteiger partial charge in [0.05, 0.1) is 6.54 Å². The van der Waals surface area contributed by atoms with Gasteiger partial charge in [0.1, 0.15) is 0 Å². The minimum Gasteiger partial charge on any atom is -0.355 e. The number of amides is 4. The molecule has 1 aliphatic rings. The summed E-state index contributed by atoms with van der Waals surface area (Å²) < 4.78 is 0. The number of nitrogens with zero attached hydrogens (tertiary/aromatic N) is 1. The number of nitrogens with one attached hydrogen (secondary N) is 2. The molecule has 122 valence electrons. The van der Waals surface area contributed by atoms with Gasteiger partial charge in [-0.05, 0) is 17.7 Å². The Hall–Kier alpha value is -2.70. The van der Waals surface area contributed by atoms with Gasteiger partial charge in [-0.15, -0.1) is 0 Å². The molecule has 0 saturated carbocycles. The van der Waals surface area contributed by atoms with Crippen molar-refractivity contribution in [2.45, 2.75) is 26.3 Å². The largest absolute Gasteiger partial charge is 0.355 e. The summed E-state index contributed by atoms with van der Waals surface area (Å²) in [7, 11) is 0.